The second-order valence-electron chi connectivity index (χ2n) is 6.13. The summed E-state index contributed by atoms with van der Waals surface area (Å²) < 4.78 is 2.22. The van der Waals surface area contributed by atoms with Crippen molar-refractivity contribution in [1.82, 2.24) is 12.9 Å². The zero-order valence-electron chi connectivity index (χ0n) is 13.4. The highest BCUT2D eigenvalue weighted by Crippen LogP contribution is 2.16. The highest BCUT2D eigenvalue weighted by atomic mass is 127. The number of rotatable bonds is 7. The lowest BCUT2D eigenvalue weighted by Gasteiger charge is -2.44. The van der Waals surface area contributed by atoms with Crippen molar-refractivity contribution in [2.45, 2.75) is 58.5 Å². The average molecular weight is 395 g/mol. The molecule has 0 bridgehead atoms. The lowest BCUT2D eigenvalue weighted by molar-refractivity contribution is -0.136. The molecule has 0 aromatic heterocycles. The Morgan fingerprint density at radius 1 is 1.15 bits per heavy atom. The lowest BCUT2D eigenvalue weighted by atomic mass is 10.1. The van der Waals surface area contributed by atoms with Crippen LogP contribution < -0.4 is 0 Å². The number of nitrogens with zero attached hydrogens (tertiary/aromatic N) is 3. The number of carbonyl (C=O) groups is 1. The maximum atomic E-state index is 11.6. The Bertz CT molecular complexity index is 287. The molecule has 118 valence electrons. The van der Waals surface area contributed by atoms with E-state index in [1.165, 1.54) is 38.8 Å². The third-order valence-electron chi connectivity index (χ3n) is 4.05. The second kappa shape index (κ2) is 9.20. The van der Waals surface area contributed by atoms with Crippen molar-refractivity contribution in [3.05, 3.63) is 0 Å². The Balaban J connectivity index is 2.18. The van der Waals surface area contributed by atoms with Gasteiger partial charge in [0.2, 0.25) is 5.91 Å². The Labute approximate surface area is 138 Å². The summed E-state index contributed by atoms with van der Waals surface area (Å²) in [6.45, 7) is 10.4. The van der Waals surface area contributed by atoms with E-state index in [-0.39, 0.29) is 5.91 Å². The fourth-order valence-corrected chi connectivity index (χ4v) is 3.60. The summed E-state index contributed by atoms with van der Waals surface area (Å²) in [5.41, 5.74) is 0. The first-order chi connectivity index (χ1) is 9.41. The van der Waals surface area contributed by atoms with Crippen molar-refractivity contribution in [1.29, 1.82) is 0 Å². The Morgan fingerprint density at radius 3 is 2.20 bits per heavy atom. The van der Waals surface area contributed by atoms with Crippen LogP contribution in [0.15, 0.2) is 0 Å². The standard InChI is InChI=1S/C15H30IN3O/c1-13-11-18(12-14(2)19(13)15(3)20)10-8-6-5-7-9-17(4)16/h13-14H,5-12H2,1-4H3. The average Bonchev–Trinajstić information content (AvgIpc) is 2.31. The highest BCUT2D eigenvalue weighted by molar-refractivity contribution is 14.1. The Morgan fingerprint density at radius 2 is 1.70 bits per heavy atom. The van der Waals surface area contributed by atoms with Gasteiger partial charge in [-0.1, -0.05) is 12.8 Å². The van der Waals surface area contributed by atoms with Crippen molar-refractivity contribution in [3.63, 3.8) is 0 Å². The zero-order valence-corrected chi connectivity index (χ0v) is 15.6. The predicted molar refractivity (Wildman–Crippen MR) is 93.0 cm³/mol. The molecule has 1 aliphatic heterocycles. The monoisotopic (exact) mass is 395 g/mol. The minimum atomic E-state index is 0.215. The smallest absolute Gasteiger partial charge is 0.220 e. The van der Waals surface area contributed by atoms with Gasteiger partial charge in [-0.05, 0) is 40.3 Å². The third kappa shape index (κ3) is 6.26. The molecule has 1 rings (SSSR count). The zero-order chi connectivity index (χ0) is 15.1. The molecule has 1 fully saturated rings. The summed E-state index contributed by atoms with van der Waals surface area (Å²) in [6, 6.07) is 0.702. The predicted octanol–water partition coefficient (Wildman–Crippen LogP) is 2.77. The summed E-state index contributed by atoms with van der Waals surface area (Å²) in [5, 5.41) is 0. The van der Waals surface area contributed by atoms with Crippen molar-refractivity contribution < 1.29 is 4.79 Å². The fraction of sp³-hybridized carbons (Fsp3) is 0.933. The molecule has 0 aromatic rings. The van der Waals surface area contributed by atoms with Gasteiger partial charge in [0, 0.05) is 61.5 Å². The van der Waals surface area contributed by atoms with Gasteiger partial charge in [-0.15, -0.1) is 0 Å². The van der Waals surface area contributed by atoms with Gasteiger partial charge in [0.1, 0.15) is 0 Å². The molecule has 1 heterocycles. The maximum Gasteiger partial charge on any atom is 0.220 e. The van der Waals surface area contributed by atoms with Gasteiger partial charge < -0.3 is 4.90 Å². The van der Waals surface area contributed by atoms with Crippen molar-refractivity contribution in [2.24, 2.45) is 0 Å². The van der Waals surface area contributed by atoms with Gasteiger partial charge in [0.25, 0.3) is 0 Å². The Kier molecular flexibility index (Phi) is 8.36. The van der Waals surface area contributed by atoms with Crippen LogP contribution in [0.25, 0.3) is 0 Å². The lowest BCUT2D eigenvalue weighted by Crippen LogP contribution is -2.58. The number of amides is 1. The normalized spacial score (nSPS) is 24.4. The number of piperazine rings is 1. The first-order valence-corrected chi connectivity index (χ1v) is 8.76. The van der Waals surface area contributed by atoms with E-state index in [1.54, 1.807) is 6.92 Å². The number of unbranched alkanes of at least 4 members (excludes halogenated alkanes) is 3. The molecular weight excluding hydrogens is 365 g/mol. The van der Waals surface area contributed by atoms with Crippen LogP contribution in [0.5, 0.6) is 0 Å². The van der Waals surface area contributed by atoms with Crippen LogP contribution in [0.3, 0.4) is 0 Å². The SMILES string of the molecule is CC(=O)N1C(C)CN(CCCCCCN(C)I)CC1C. The van der Waals surface area contributed by atoms with Crippen LogP contribution in [0.2, 0.25) is 0 Å². The van der Waals surface area contributed by atoms with Crippen LogP contribution in [-0.2, 0) is 4.79 Å². The molecule has 0 N–H and O–H groups in total. The molecule has 1 aliphatic rings. The molecule has 20 heavy (non-hydrogen) atoms. The molecule has 0 aromatic carbocycles. The van der Waals surface area contributed by atoms with E-state index in [1.807, 2.05) is 4.90 Å². The van der Waals surface area contributed by atoms with E-state index in [9.17, 15) is 4.79 Å². The van der Waals surface area contributed by atoms with Gasteiger partial charge in [0.15, 0.2) is 0 Å². The van der Waals surface area contributed by atoms with Crippen LogP contribution >= 0.6 is 22.9 Å². The molecular formula is C15H30IN3O. The highest BCUT2D eigenvalue weighted by Gasteiger charge is 2.30. The minimum absolute atomic E-state index is 0.215. The van der Waals surface area contributed by atoms with Gasteiger partial charge in [0.05, 0.1) is 0 Å². The van der Waals surface area contributed by atoms with Crippen LogP contribution in [-0.4, -0.2) is 64.1 Å². The molecule has 0 saturated carbocycles. The number of hydrogen-bond donors (Lipinski definition) is 0. The summed E-state index contributed by atoms with van der Waals surface area (Å²) >= 11 is 2.34. The van der Waals surface area contributed by atoms with E-state index in [0.29, 0.717) is 12.1 Å². The summed E-state index contributed by atoms with van der Waals surface area (Å²) in [5.74, 6) is 0.215. The van der Waals surface area contributed by atoms with E-state index >= 15 is 0 Å². The van der Waals surface area contributed by atoms with E-state index in [4.69, 9.17) is 0 Å². The molecule has 4 nitrogen and oxygen atoms in total. The maximum absolute atomic E-state index is 11.6. The van der Waals surface area contributed by atoms with Crippen molar-refractivity contribution in [2.75, 3.05) is 33.2 Å². The molecule has 1 amide bonds. The van der Waals surface area contributed by atoms with Gasteiger partial charge >= 0.3 is 0 Å². The fourth-order valence-electron chi connectivity index (χ4n) is 3.25. The van der Waals surface area contributed by atoms with E-state index in [0.717, 1.165) is 13.1 Å². The largest absolute Gasteiger partial charge is 0.335 e. The number of halogens is 1. The van der Waals surface area contributed by atoms with E-state index < -0.39 is 0 Å². The molecule has 2 atom stereocenters. The molecule has 0 radical (unpaired) electrons. The quantitative estimate of drug-likeness (QED) is 0.377. The minimum Gasteiger partial charge on any atom is -0.335 e. The molecule has 5 heteroatoms. The summed E-state index contributed by atoms with van der Waals surface area (Å²) in [6.07, 6.45) is 5.22. The first kappa shape index (κ1) is 18.2. The van der Waals surface area contributed by atoms with Gasteiger partial charge in [-0.2, -0.15) is 0 Å². The summed E-state index contributed by atoms with van der Waals surface area (Å²) in [4.78, 5) is 16.2. The summed E-state index contributed by atoms with van der Waals surface area (Å²) in [7, 11) is 2.12. The Hall–Kier alpha value is 0.120. The molecule has 2 unspecified atom stereocenters. The van der Waals surface area contributed by atoms with Gasteiger partial charge in [-0.3, -0.25) is 12.8 Å². The van der Waals surface area contributed by atoms with E-state index in [2.05, 4.69) is 51.8 Å². The third-order valence-corrected chi connectivity index (χ3v) is 4.53. The molecule has 0 spiro atoms. The molecule has 1 saturated heterocycles. The topological polar surface area (TPSA) is 26.8 Å². The van der Waals surface area contributed by atoms with Crippen molar-refractivity contribution >= 4 is 28.8 Å². The van der Waals surface area contributed by atoms with Crippen LogP contribution in [0, 0.1) is 0 Å². The van der Waals surface area contributed by atoms with Crippen LogP contribution in [0.1, 0.15) is 46.5 Å². The van der Waals surface area contributed by atoms with Crippen LogP contribution in [0.4, 0.5) is 0 Å². The molecule has 0 aliphatic carbocycles. The number of carbonyl (C=O) groups excluding carboxylic acids is 1. The number of hydrogen-bond acceptors (Lipinski definition) is 3. The first-order valence-electron chi connectivity index (χ1n) is 7.80. The van der Waals surface area contributed by atoms with Crippen molar-refractivity contribution in [3.8, 4) is 0 Å². The second-order valence-corrected chi connectivity index (χ2v) is 7.77. The van der Waals surface area contributed by atoms with Gasteiger partial charge in [-0.25, -0.2) is 0 Å².